The first kappa shape index (κ1) is 18.6. The van der Waals surface area contributed by atoms with E-state index in [0.717, 1.165) is 44.7 Å². The molecule has 0 aliphatic heterocycles. The van der Waals surface area contributed by atoms with Gasteiger partial charge < -0.3 is 5.11 Å². The molecular formula is C18H21N5O4. The van der Waals surface area contributed by atoms with Gasteiger partial charge in [0.25, 0.3) is 11.5 Å². The molecule has 9 nitrogen and oxygen atoms in total. The lowest BCUT2D eigenvalue weighted by molar-refractivity contribution is 0.0955. The Labute approximate surface area is 154 Å². The molecule has 3 N–H and O–H groups in total. The van der Waals surface area contributed by atoms with Crippen molar-refractivity contribution in [3.63, 3.8) is 0 Å². The monoisotopic (exact) mass is 371 g/mol. The van der Waals surface area contributed by atoms with E-state index in [0.29, 0.717) is 5.56 Å². The molecule has 9 heteroatoms. The van der Waals surface area contributed by atoms with Crippen LogP contribution in [0.3, 0.4) is 0 Å². The van der Waals surface area contributed by atoms with Crippen molar-refractivity contribution in [2.24, 2.45) is 5.10 Å². The van der Waals surface area contributed by atoms with E-state index < -0.39 is 23.0 Å². The van der Waals surface area contributed by atoms with E-state index in [4.69, 9.17) is 0 Å². The Morgan fingerprint density at radius 2 is 1.89 bits per heavy atom. The van der Waals surface area contributed by atoms with E-state index >= 15 is 0 Å². The van der Waals surface area contributed by atoms with Gasteiger partial charge in [0.1, 0.15) is 5.56 Å². The van der Waals surface area contributed by atoms with Gasteiger partial charge in [-0.2, -0.15) is 5.10 Å². The van der Waals surface area contributed by atoms with E-state index in [1.54, 1.807) is 0 Å². The van der Waals surface area contributed by atoms with Crippen LogP contribution < -0.4 is 16.7 Å². The first-order chi connectivity index (χ1) is 13.1. The number of carbonyl (C=O) groups excluding carboxylic acids is 1. The molecule has 27 heavy (non-hydrogen) atoms. The SMILES string of the molecule is O=C(NN=Cc1c(O)n(C2CCCCCC2)c(=O)[nH]c1=O)c1ccncc1. The van der Waals surface area contributed by atoms with Crippen LogP contribution in [0.4, 0.5) is 0 Å². The number of hydrogen-bond acceptors (Lipinski definition) is 6. The zero-order valence-corrected chi connectivity index (χ0v) is 14.7. The van der Waals surface area contributed by atoms with E-state index in [1.807, 2.05) is 0 Å². The minimum Gasteiger partial charge on any atom is -0.494 e. The summed E-state index contributed by atoms with van der Waals surface area (Å²) in [6, 6.07) is 2.86. The van der Waals surface area contributed by atoms with Crippen LogP contribution in [-0.4, -0.2) is 31.8 Å². The third-order valence-electron chi connectivity index (χ3n) is 4.65. The normalized spacial score (nSPS) is 15.6. The fourth-order valence-corrected chi connectivity index (χ4v) is 3.25. The summed E-state index contributed by atoms with van der Waals surface area (Å²) < 4.78 is 1.22. The van der Waals surface area contributed by atoms with Gasteiger partial charge in [0, 0.05) is 24.0 Å². The molecule has 0 atom stereocenters. The molecule has 0 spiro atoms. The summed E-state index contributed by atoms with van der Waals surface area (Å²) >= 11 is 0. The van der Waals surface area contributed by atoms with Gasteiger partial charge in [-0.15, -0.1) is 0 Å². The quantitative estimate of drug-likeness (QED) is 0.424. The third-order valence-corrected chi connectivity index (χ3v) is 4.65. The lowest BCUT2D eigenvalue weighted by Gasteiger charge is -2.19. The Hall–Kier alpha value is -3.23. The number of nitrogens with zero attached hydrogens (tertiary/aromatic N) is 3. The molecule has 1 fully saturated rings. The van der Waals surface area contributed by atoms with Crippen LogP contribution >= 0.6 is 0 Å². The highest BCUT2D eigenvalue weighted by atomic mass is 16.3. The summed E-state index contributed by atoms with van der Waals surface area (Å²) in [7, 11) is 0. The Balaban J connectivity index is 1.85. The smallest absolute Gasteiger partial charge is 0.331 e. The van der Waals surface area contributed by atoms with Crippen LogP contribution in [0.2, 0.25) is 0 Å². The molecule has 142 valence electrons. The van der Waals surface area contributed by atoms with Crippen LogP contribution in [0.5, 0.6) is 5.88 Å². The molecule has 3 rings (SSSR count). The lowest BCUT2D eigenvalue weighted by Crippen LogP contribution is -2.34. The number of amides is 1. The largest absolute Gasteiger partial charge is 0.494 e. The van der Waals surface area contributed by atoms with Crippen molar-refractivity contribution in [1.82, 2.24) is 20.0 Å². The van der Waals surface area contributed by atoms with Gasteiger partial charge in [-0.05, 0) is 25.0 Å². The predicted molar refractivity (Wildman–Crippen MR) is 99.0 cm³/mol. The van der Waals surface area contributed by atoms with E-state index in [-0.39, 0.29) is 11.6 Å². The highest BCUT2D eigenvalue weighted by Crippen LogP contribution is 2.28. The van der Waals surface area contributed by atoms with Crippen molar-refractivity contribution in [1.29, 1.82) is 0 Å². The summed E-state index contributed by atoms with van der Waals surface area (Å²) in [5.74, 6) is -0.917. The van der Waals surface area contributed by atoms with Crippen molar-refractivity contribution in [3.8, 4) is 5.88 Å². The summed E-state index contributed by atoms with van der Waals surface area (Å²) in [5.41, 5.74) is 1.06. The molecule has 1 aliphatic carbocycles. The standard InChI is InChI=1S/C18H21N5O4/c24-15(12-7-9-19-10-8-12)22-20-11-14-16(25)21-18(27)23(17(14)26)13-5-3-1-2-4-6-13/h7-11,13,26H,1-6H2,(H,22,24)(H,21,25,27). The number of hydrazone groups is 1. The molecule has 1 amide bonds. The minimum atomic E-state index is -0.760. The maximum absolute atomic E-state index is 12.2. The average Bonchev–Trinajstić information content (AvgIpc) is 2.94. The molecule has 0 radical (unpaired) electrons. The molecule has 2 aromatic heterocycles. The van der Waals surface area contributed by atoms with Gasteiger partial charge in [-0.1, -0.05) is 25.7 Å². The Morgan fingerprint density at radius 3 is 2.56 bits per heavy atom. The van der Waals surface area contributed by atoms with Gasteiger partial charge in [-0.3, -0.25) is 24.1 Å². The number of aromatic nitrogens is 3. The van der Waals surface area contributed by atoms with Gasteiger partial charge >= 0.3 is 5.69 Å². The van der Waals surface area contributed by atoms with Crippen molar-refractivity contribution in [2.75, 3.05) is 0 Å². The second-order valence-corrected chi connectivity index (χ2v) is 6.45. The van der Waals surface area contributed by atoms with Crippen LogP contribution in [0.25, 0.3) is 0 Å². The van der Waals surface area contributed by atoms with Gasteiger partial charge in [0.2, 0.25) is 5.88 Å². The molecule has 1 saturated carbocycles. The number of aromatic hydroxyl groups is 1. The van der Waals surface area contributed by atoms with Crippen molar-refractivity contribution in [3.05, 3.63) is 56.5 Å². The van der Waals surface area contributed by atoms with Crippen LogP contribution in [0.1, 0.15) is 60.5 Å². The number of carbonyl (C=O) groups is 1. The summed E-state index contributed by atoms with van der Waals surface area (Å²) in [4.78, 5) is 42.3. The molecule has 0 aromatic carbocycles. The highest BCUT2D eigenvalue weighted by molar-refractivity contribution is 5.94. The van der Waals surface area contributed by atoms with E-state index in [1.165, 1.54) is 29.1 Å². The summed E-state index contributed by atoms with van der Waals surface area (Å²) in [5, 5.41) is 14.2. The zero-order valence-electron chi connectivity index (χ0n) is 14.7. The van der Waals surface area contributed by atoms with Crippen molar-refractivity contribution in [2.45, 2.75) is 44.6 Å². The van der Waals surface area contributed by atoms with Crippen LogP contribution in [-0.2, 0) is 0 Å². The molecular weight excluding hydrogens is 350 g/mol. The van der Waals surface area contributed by atoms with Crippen LogP contribution in [0.15, 0.2) is 39.2 Å². The third kappa shape index (κ3) is 4.30. The highest BCUT2D eigenvalue weighted by Gasteiger charge is 2.21. The number of hydrogen-bond donors (Lipinski definition) is 3. The molecule has 0 saturated heterocycles. The van der Waals surface area contributed by atoms with Gasteiger partial charge in [0.15, 0.2) is 0 Å². The van der Waals surface area contributed by atoms with Gasteiger partial charge in [0.05, 0.1) is 6.21 Å². The minimum absolute atomic E-state index is 0.171. The molecule has 1 aliphatic rings. The first-order valence-corrected chi connectivity index (χ1v) is 8.89. The fraction of sp³-hybridized carbons (Fsp3) is 0.389. The van der Waals surface area contributed by atoms with Crippen LogP contribution in [0, 0.1) is 0 Å². The number of nitrogens with one attached hydrogen (secondary N) is 2. The zero-order chi connectivity index (χ0) is 19.2. The predicted octanol–water partition coefficient (Wildman–Crippen LogP) is 1.30. The summed E-state index contributed by atoms with van der Waals surface area (Å²) in [6.45, 7) is 0. The fourth-order valence-electron chi connectivity index (χ4n) is 3.25. The number of rotatable bonds is 4. The Bertz CT molecular complexity index is 940. The first-order valence-electron chi connectivity index (χ1n) is 8.89. The second kappa shape index (κ2) is 8.43. The van der Waals surface area contributed by atoms with E-state index in [2.05, 4.69) is 20.5 Å². The summed E-state index contributed by atoms with van der Waals surface area (Å²) in [6.07, 6.45) is 9.59. The van der Waals surface area contributed by atoms with Crippen molar-refractivity contribution >= 4 is 12.1 Å². The second-order valence-electron chi connectivity index (χ2n) is 6.45. The van der Waals surface area contributed by atoms with E-state index in [9.17, 15) is 19.5 Å². The maximum Gasteiger partial charge on any atom is 0.331 e. The molecule has 2 aromatic rings. The van der Waals surface area contributed by atoms with Crippen molar-refractivity contribution < 1.29 is 9.90 Å². The molecule has 0 unspecified atom stereocenters. The Kier molecular flexibility index (Phi) is 5.80. The number of pyridine rings is 1. The molecule has 0 bridgehead atoms. The number of H-pyrrole nitrogens is 1. The number of aromatic amines is 1. The van der Waals surface area contributed by atoms with Gasteiger partial charge in [-0.25, -0.2) is 10.2 Å². The maximum atomic E-state index is 12.2. The molecule has 2 heterocycles. The Morgan fingerprint density at radius 1 is 1.22 bits per heavy atom. The topological polar surface area (TPSA) is 129 Å². The lowest BCUT2D eigenvalue weighted by atomic mass is 10.1. The average molecular weight is 371 g/mol.